The molecule has 0 aromatic heterocycles. The van der Waals surface area contributed by atoms with Crippen LogP contribution in [0.1, 0.15) is 43.4 Å². The summed E-state index contributed by atoms with van der Waals surface area (Å²) in [5.41, 5.74) is 4.40. The van der Waals surface area contributed by atoms with E-state index in [1.807, 2.05) is 30.3 Å². The van der Waals surface area contributed by atoms with Crippen molar-refractivity contribution >= 4 is 15.9 Å². The molecule has 1 heterocycles. The largest absolute Gasteiger partial charge is 0.383 e. The maximum atomic E-state index is 12.9. The molecule has 5 nitrogen and oxygen atoms in total. The minimum Gasteiger partial charge on any atom is -0.383 e. The highest BCUT2D eigenvalue weighted by Gasteiger charge is 2.50. The fourth-order valence-electron chi connectivity index (χ4n) is 4.03. The molecule has 27 heavy (non-hydrogen) atoms. The second kappa shape index (κ2) is 6.93. The van der Waals surface area contributed by atoms with Gasteiger partial charge in [-0.2, -0.15) is 17.4 Å². The van der Waals surface area contributed by atoms with Crippen molar-refractivity contribution in [2.45, 2.75) is 51.9 Å². The van der Waals surface area contributed by atoms with Crippen LogP contribution >= 0.6 is 0 Å². The normalized spacial score (nSPS) is 24.8. The third-order valence-corrected chi connectivity index (χ3v) is 7.05. The third-order valence-electron chi connectivity index (χ3n) is 5.54. The Labute approximate surface area is 162 Å². The Morgan fingerprint density at radius 2 is 1.74 bits per heavy atom. The maximum Gasteiger partial charge on any atom is 0.280 e. The van der Waals surface area contributed by atoms with Gasteiger partial charge in [0.15, 0.2) is 0 Å². The molecule has 2 aliphatic rings. The van der Waals surface area contributed by atoms with Crippen molar-refractivity contribution in [3.8, 4) is 0 Å². The topological polar surface area (TPSA) is 61.4 Å². The molecule has 1 aliphatic heterocycles. The molecule has 0 radical (unpaired) electrons. The van der Waals surface area contributed by atoms with Gasteiger partial charge in [-0.15, -0.1) is 0 Å². The van der Waals surface area contributed by atoms with Crippen LogP contribution in [0.2, 0.25) is 0 Å². The zero-order valence-corrected chi connectivity index (χ0v) is 16.8. The van der Waals surface area contributed by atoms with Gasteiger partial charge in [-0.1, -0.05) is 43.3 Å². The molecule has 1 saturated carbocycles. The van der Waals surface area contributed by atoms with Crippen molar-refractivity contribution in [1.29, 1.82) is 0 Å². The number of rotatable bonds is 6. The molecule has 3 atom stereocenters. The van der Waals surface area contributed by atoms with Crippen molar-refractivity contribution < 1.29 is 8.42 Å². The number of nitrogens with one attached hydrogen (secondary N) is 2. The number of nitrogens with zero attached hydrogens (tertiary/aromatic N) is 1. The molecule has 144 valence electrons. The van der Waals surface area contributed by atoms with Crippen LogP contribution in [-0.2, 0) is 23.3 Å². The average Bonchev–Trinajstić information content (AvgIpc) is 3.04. The Bertz CT molecular complexity index is 928. The van der Waals surface area contributed by atoms with E-state index in [4.69, 9.17) is 0 Å². The van der Waals surface area contributed by atoms with Gasteiger partial charge in [0.1, 0.15) is 0 Å². The van der Waals surface area contributed by atoms with Crippen LogP contribution < -0.4 is 10.0 Å². The van der Waals surface area contributed by atoms with E-state index in [9.17, 15) is 8.42 Å². The summed E-state index contributed by atoms with van der Waals surface area (Å²) in [7, 11) is -3.51. The predicted octanol–water partition coefficient (Wildman–Crippen LogP) is 3.46. The summed E-state index contributed by atoms with van der Waals surface area (Å²) in [5.74, 6) is 0.571. The van der Waals surface area contributed by atoms with Crippen molar-refractivity contribution in [2.24, 2.45) is 5.92 Å². The van der Waals surface area contributed by atoms with E-state index in [1.165, 1.54) is 5.56 Å². The van der Waals surface area contributed by atoms with Gasteiger partial charge in [-0.25, -0.2) is 0 Å². The quantitative estimate of drug-likeness (QED) is 0.801. The van der Waals surface area contributed by atoms with Crippen LogP contribution in [0.5, 0.6) is 0 Å². The number of benzene rings is 2. The summed E-state index contributed by atoms with van der Waals surface area (Å²) >= 11 is 0. The van der Waals surface area contributed by atoms with Gasteiger partial charge < -0.3 is 5.32 Å². The van der Waals surface area contributed by atoms with Crippen LogP contribution in [0.25, 0.3) is 0 Å². The fraction of sp³-hybridized carbons (Fsp3) is 0.429. The average molecular weight is 386 g/mol. The van der Waals surface area contributed by atoms with Crippen molar-refractivity contribution in [2.75, 3.05) is 5.32 Å². The summed E-state index contributed by atoms with van der Waals surface area (Å²) in [6.07, 6.45) is 0. The first-order valence-electron chi connectivity index (χ1n) is 9.56. The molecular formula is C21H27N3O2S. The van der Waals surface area contributed by atoms with Crippen LogP contribution in [0.15, 0.2) is 48.5 Å². The molecular weight excluding hydrogens is 358 g/mol. The van der Waals surface area contributed by atoms with E-state index in [-0.39, 0.29) is 12.0 Å². The van der Waals surface area contributed by atoms with E-state index >= 15 is 0 Å². The van der Waals surface area contributed by atoms with Crippen LogP contribution in [0.3, 0.4) is 0 Å². The molecule has 0 saturated heterocycles. The first-order chi connectivity index (χ1) is 12.8. The molecule has 0 unspecified atom stereocenters. The van der Waals surface area contributed by atoms with Crippen LogP contribution in [-0.4, -0.2) is 24.8 Å². The third kappa shape index (κ3) is 3.74. The SMILES string of the molecule is CC(C)Nc1ccc2c(c1)CN(S(=O)(=O)N[C@H]1[C@H](C)[C@@H]1c1ccccc1)C2. The van der Waals surface area contributed by atoms with Gasteiger partial charge in [-0.3, -0.25) is 0 Å². The standard InChI is InChI=1S/C21H27N3O2S/c1-14(2)22-19-10-9-17-12-24(13-18(17)11-19)27(25,26)23-21-15(3)20(21)16-7-5-4-6-8-16/h4-11,14-15,20-23H,12-13H2,1-3H3/t15-,20-,21+/m1/s1. The van der Waals surface area contributed by atoms with E-state index in [2.05, 4.69) is 49.0 Å². The predicted molar refractivity (Wildman–Crippen MR) is 109 cm³/mol. The van der Waals surface area contributed by atoms with Gasteiger partial charge in [-0.05, 0) is 48.6 Å². The molecule has 6 heteroatoms. The minimum absolute atomic E-state index is 0.0284. The van der Waals surface area contributed by atoms with Gasteiger partial charge >= 0.3 is 0 Å². The number of anilines is 1. The van der Waals surface area contributed by atoms with E-state index in [1.54, 1.807) is 4.31 Å². The Hall–Kier alpha value is -1.89. The Kier molecular flexibility index (Phi) is 4.74. The second-order valence-corrected chi connectivity index (χ2v) is 9.70. The lowest BCUT2D eigenvalue weighted by molar-refractivity contribution is 0.420. The number of fused-ring (bicyclic) bond motifs is 1. The lowest BCUT2D eigenvalue weighted by Gasteiger charge is -2.16. The highest BCUT2D eigenvalue weighted by molar-refractivity contribution is 7.87. The highest BCUT2D eigenvalue weighted by atomic mass is 32.2. The van der Waals surface area contributed by atoms with Crippen molar-refractivity contribution in [3.63, 3.8) is 0 Å². The number of hydrogen-bond donors (Lipinski definition) is 2. The van der Waals surface area contributed by atoms with Gasteiger partial charge in [0.25, 0.3) is 10.2 Å². The number of hydrogen-bond acceptors (Lipinski definition) is 3. The zero-order valence-electron chi connectivity index (χ0n) is 16.0. The zero-order chi connectivity index (χ0) is 19.2. The van der Waals surface area contributed by atoms with E-state index in [0.717, 1.165) is 16.8 Å². The molecule has 0 bridgehead atoms. The molecule has 4 rings (SSSR count). The fourth-order valence-corrected chi connectivity index (χ4v) is 5.50. The first kappa shape index (κ1) is 18.5. The van der Waals surface area contributed by atoms with E-state index < -0.39 is 10.2 Å². The Morgan fingerprint density at radius 3 is 2.44 bits per heavy atom. The molecule has 1 fully saturated rings. The van der Waals surface area contributed by atoms with Crippen LogP contribution in [0, 0.1) is 5.92 Å². The minimum atomic E-state index is -3.51. The lowest BCUT2D eigenvalue weighted by Crippen LogP contribution is -2.39. The van der Waals surface area contributed by atoms with Gasteiger partial charge in [0.05, 0.1) is 0 Å². The van der Waals surface area contributed by atoms with Crippen molar-refractivity contribution in [1.82, 2.24) is 9.03 Å². The lowest BCUT2D eigenvalue weighted by atomic mass is 10.1. The summed E-state index contributed by atoms with van der Waals surface area (Å²) in [6.45, 7) is 7.15. The van der Waals surface area contributed by atoms with Crippen LogP contribution in [0.4, 0.5) is 5.69 Å². The van der Waals surface area contributed by atoms with Gasteiger partial charge in [0, 0.05) is 36.8 Å². The highest BCUT2D eigenvalue weighted by Crippen LogP contribution is 2.47. The summed E-state index contributed by atoms with van der Waals surface area (Å²) < 4.78 is 30.4. The van der Waals surface area contributed by atoms with Crippen molar-refractivity contribution in [3.05, 3.63) is 65.2 Å². The summed E-state index contributed by atoms with van der Waals surface area (Å²) in [4.78, 5) is 0. The molecule has 2 aromatic rings. The molecule has 2 aromatic carbocycles. The molecule has 2 N–H and O–H groups in total. The first-order valence-corrected chi connectivity index (χ1v) is 11.0. The molecule has 1 aliphatic carbocycles. The monoisotopic (exact) mass is 385 g/mol. The maximum absolute atomic E-state index is 12.9. The van der Waals surface area contributed by atoms with E-state index in [0.29, 0.717) is 25.0 Å². The second-order valence-electron chi connectivity index (χ2n) is 7.99. The summed E-state index contributed by atoms with van der Waals surface area (Å²) in [5, 5.41) is 3.38. The molecule has 0 spiro atoms. The summed E-state index contributed by atoms with van der Waals surface area (Å²) in [6, 6.07) is 16.6. The smallest absolute Gasteiger partial charge is 0.280 e. The van der Waals surface area contributed by atoms with Gasteiger partial charge in [0.2, 0.25) is 0 Å². The Balaban J connectivity index is 1.44. The molecule has 0 amide bonds. The Morgan fingerprint density at radius 1 is 1.04 bits per heavy atom.